The van der Waals surface area contributed by atoms with Crippen molar-refractivity contribution in [2.75, 3.05) is 58.5 Å². The van der Waals surface area contributed by atoms with E-state index in [4.69, 9.17) is 25.7 Å². The maximum absolute atomic E-state index is 14.3. The zero-order valence-electron chi connectivity index (χ0n) is 40.2. The van der Waals surface area contributed by atoms with Gasteiger partial charge in [0, 0.05) is 50.2 Å². The van der Waals surface area contributed by atoms with E-state index >= 15 is 0 Å². The van der Waals surface area contributed by atoms with Crippen LogP contribution in [0.25, 0.3) is 0 Å². The van der Waals surface area contributed by atoms with Crippen LogP contribution in [0.5, 0.6) is 0 Å². The number of amides is 7. The Morgan fingerprint density at radius 2 is 1.55 bits per heavy atom. The normalized spacial score (nSPS) is 17.3. The van der Waals surface area contributed by atoms with Gasteiger partial charge in [0.2, 0.25) is 41.4 Å². The number of phosphoric acid groups is 1. The van der Waals surface area contributed by atoms with Gasteiger partial charge in [-0.25, -0.2) is 9.55 Å². The van der Waals surface area contributed by atoms with Crippen LogP contribution in [0.4, 0.5) is 0 Å². The molecule has 25 nitrogen and oxygen atoms in total. The number of primary amides is 1. The second-order valence-electron chi connectivity index (χ2n) is 17.3. The molecule has 7 amide bonds. The highest BCUT2D eigenvalue weighted by Gasteiger charge is 2.42. The molecule has 398 valence electrons. The van der Waals surface area contributed by atoms with E-state index in [0.29, 0.717) is 12.3 Å². The Morgan fingerprint density at radius 3 is 2.17 bits per heavy atom. The number of carbonyl (C=O) groups excluding carboxylic acids is 7. The SMILES string of the molecule is CC(C)C[C@H](NC(=O)[C@@H]1C[C@@H](OCCCCc2ccccc2)CN1C(=O)CCOCCOCCNC(=O)[C@@H](N)CS)C(=O)N[C@@H](Cc1cnc[nH]1)C(=O)N[C@@H](CO)C(=O)N[C@H](C(N)=O)C(C)OP(=O)(O)O. The number of nitrogens with two attached hydrogens (primary N) is 2. The molecule has 1 unspecified atom stereocenters. The van der Waals surface area contributed by atoms with Gasteiger partial charge in [0.15, 0.2) is 0 Å². The summed E-state index contributed by atoms with van der Waals surface area (Å²) in [6, 6.07) is 1.96. The van der Waals surface area contributed by atoms with Crippen molar-refractivity contribution in [1.29, 1.82) is 0 Å². The number of rotatable bonds is 34. The zero-order valence-corrected chi connectivity index (χ0v) is 42.0. The van der Waals surface area contributed by atoms with Crippen molar-refractivity contribution in [3.05, 3.63) is 54.1 Å². The summed E-state index contributed by atoms with van der Waals surface area (Å²) in [5.74, 6) is -5.55. The van der Waals surface area contributed by atoms with Crippen LogP contribution < -0.4 is 38.1 Å². The fourth-order valence-electron chi connectivity index (χ4n) is 7.34. The summed E-state index contributed by atoms with van der Waals surface area (Å²) in [6.07, 6.45) is 2.95. The number of hydrogen-bond acceptors (Lipinski definition) is 16. The van der Waals surface area contributed by atoms with Crippen molar-refractivity contribution in [1.82, 2.24) is 41.5 Å². The van der Waals surface area contributed by atoms with E-state index in [-0.39, 0.29) is 88.7 Å². The third kappa shape index (κ3) is 22.5. The molecule has 27 heteroatoms. The number of aryl methyl sites for hydroxylation is 1. The highest BCUT2D eigenvalue weighted by atomic mass is 32.1. The first-order valence-corrected chi connectivity index (χ1v) is 25.5. The number of thiol groups is 1. The maximum atomic E-state index is 14.3. The number of benzene rings is 1. The highest BCUT2D eigenvalue weighted by Crippen LogP contribution is 2.38. The smallest absolute Gasteiger partial charge is 0.394 e. The third-order valence-electron chi connectivity index (χ3n) is 11.0. The summed E-state index contributed by atoms with van der Waals surface area (Å²) < 4.78 is 33.2. The fraction of sp³-hybridized carbons (Fsp3) is 0.636. The van der Waals surface area contributed by atoms with E-state index in [0.717, 1.165) is 26.2 Å². The number of nitrogens with zero attached hydrogens (tertiary/aromatic N) is 2. The lowest BCUT2D eigenvalue weighted by Crippen LogP contribution is -2.61. The monoisotopic (exact) mass is 1040 g/mol. The number of aromatic nitrogens is 2. The molecule has 13 N–H and O–H groups in total. The molecule has 0 saturated carbocycles. The first-order valence-electron chi connectivity index (χ1n) is 23.3. The number of carbonyl (C=O) groups is 7. The number of hydrogen-bond donors (Lipinski definition) is 12. The van der Waals surface area contributed by atoms with Crippen molar-refractivity contribution >= 4 is 61.8 Å². The number of likely N-dealkylation sites (tertiary alicyclic amines) is 1. The molecule has 1 aromatic heterocycles. The van der Waals surface area contributed by atoms with Gasteiger partial charge >= 0.3 is 7.82 Å². The highest BCUT2D eigenvalue weighted by molar-refractivity contribution is 7.80. The van der Waals surface area contributed by atoms with Crippen LogP contribution in [-0.2, 0) is 69.7 Å². The maximum Gasteiger partial charge on any atom is 0.469 e. The predicted molar refractivity (Wildman–Crippen MR) is 259 cm³/mol. The molecule has 1 aliphatic rings. The Labute approximate surface area is 418 Å². The van der Waals surface area contributed by atoms with E-state index in [1.807, 2.05) is 44.2 Å². The minimum Gasteiger partial charge on any atom is -0.394 e. The van der Waals surface area contributed by atoms with Crippen LogP contribution in [0.2, 0.25) is 0 Å². The number of aromatic amines is 1. The van der Waals surface area contributed by atoms with Crippen molar-refractivity contribution in [3.63, 3.8) is 0 Å². The van der Waals surface area contributed by atoms with Crippen LogP contribution in [0, 0.1) is 5.92 Å². The standard InChI is InChI=1S/C44H71N10O15PS/c1-27(2)19-33(41(59)50-34(20-30-22-47-26-49-30)42(60)52-35(24-55)43(61)53-38(39(46)57)28(3)69-70(63,64)65)51-44(62)36-21-31(68-14-8-7-11-29-9-5-4-6-10-29)23-54(36)37(56)12-15-66-17-18-67-16-13-48-40(58)32(45)25-71/h4-6,9-10,22,26-28,31-36,38,55,71H,7-8,11-21,23-25,45H2,1-3H3,(H2,46,57)(H,47,49)(H,48,58)(H,50,59)(H,51,62)(H,52,60)(H,53,61)(H2,63,64,65)/t28?,31-,32+,33+,34+,35+,36+,38+/m1/s1. The molecule has 8 atom stereocenters. The lowest BCUT2D eigenvalue weighted by molar-refractivity contribution is -0.140. The van der Waals surface area contributed by atoms with Gasteiger partial charge in [-0.05, 0) is 44.1 Å². The number of nitrogens with one attached hydrogen (secondary N) is 6. The Kier molecular flexibility index (Phi) is 26.7. The van der Waals surface area contributed by atoms with Crippen molar-refractivity contribution < 1.29 is 71.8 Å². The molecule has 1 fully saturated rings. The number of aliphatic hydroxyl groups is 1. The molecule has 2 aromatic rings. The van der Waals surface area contributed by atoms with Crippen molar-refractivity contribution in [3.8, 4) is 0 Å². The van der Waals surface area contributed by atoms with Gasteiger partial charge in [0.25, 0.3) is 0 Å². The number of unbranched alkanes of at least 4 members (excludes halogenated alkanes) is 1. The van der Waals surface area contributed by atoms with Gasteiger partial charge in [-0.15, -0.1) is 0 Å². The molecule has 1 aliphatic heterocycles. The Morgan fingerprint density at radius 1 is 0.887 bits per heavy atom. The number of phosphoric ester groups is 1. The number of imidazole rings is 1. The predicted octanol–water partition coefficient (Wildman–Crippen LogP) is -2.28. The molecule has 0 bridgehead atoms. The molecule has 0 aliphatic carbocycles. The molecule has 1 aromatic carbocycles. The molecule has 71 heavy (non-hydrogen) atoms. The minimum atomic E-state index is -5.14. The van der Waals surface area contributed by atoms with Gasteiger partial charge < -0.3 is 77.0 Å². The minimum absolute atomic E-state index is 0.0123. The Balaban J connectivity index is 1.72. The molecule has 2 heterocycles. The van der Waals surface area contributed by atoms with Crippen molar-refractivity contribution in [2.24, 2.45) is 17.4 Å². The molecule has 0 spiro atoms. The molecular weight excluding hydrogens is 972 g/mol. The first-order chi connectivity index (χ1) is 33.7. The Hall–Kier alpha value is -5.02. The average molecular weight is 1040 g/mol. The molecular formula is C44H71N10O15PS. The summed E-state index contributed by atoms with van der Waals surface area (Å²) in [5, 5.41) is 22.6. The topological polar surface area (TPSA) is 378 Å². The van der Waals surface area contributed by atoms with E-state index in [1.165, 1.54) is 23.0 Å². The molecule has 0 radical (unpaired) electrons. The van der Waals surface area contributed by atoms with E-state index in [1.54, 1.807) is 0 Å². The lowest BCUT2D eigenvalue weighted by atomic mass is 10.0. The van der Waals surface area contributed by atoms with E-state index in [2.05, 4.69) is 53.7 Å². The van der Waals surface area contributed by atoms with E-state index in [9.17, 15) is 53.0 Å². The van der Waals surface area contributed by atoms with Crippen LogP contribution in [0.15, 0.2) is 42.9 Å². The van der Waals surface area contributed by atoms with Crippen LogP contribution >= 0.6 is 20.5 Å². The quantitative estimate of drug-likeness (QED) is 0.0200. The van der Waals surface area contributed by atoms with Gasteiger partial charge in [-0.1, -0.05) is 44.2 Å². The zero-order chi connectivity index (χ0) is 52.5. The second-order valence-corrected chi connectivity index (χ2v) is 18.8. The fourth-order valence-corrected chi connectivity index (χ4v) is 8.06. The summed E-state index contributed by atoms with van der Waals surface area (Å²) in [7, 11) is -5.14. The van der Waals surface area contributed by atoms with Crippen LogP contribution in [0.3, 0.4) is 0 Å². The summed E-state index contributed by atoms with van der Waals surface area (Å²) in [6.45, 7) is 4.95. The molecule has 3 rings (SSSR count). The van der Waals surface area contributed by atoms with E-state index < -0.39 is 92.4 Å². The first kappa shape index (κ1) is 60.3. The largest absolute Gasteiger partial charge is 0.469 e. The van der Waals surface area contributed by atoms with Gasteiger partial charge in [0.05, 0.1) is 64.0 Å². The van der Waals surface area contributed by atoms with Crippen LogP contribution in [-0.4, -0.2) is 178 Å². The van der Waals surface area contributed by atoms with Gasteiger partial charge in [0.1, 0.15) is 30.2 Å². The molecule has 1 saturated heterocycles. The van der Waals surface area contributed by atoms with Crippen molar-refractivity contribution in [2.45, 2.75) is 114 Å². The van der Waals surface area contributed by atoms with Gasteiger partial charge in [-0.2, -0.15) is 12.6 Å². The Bertz CT molecular complexity index is 2040. The third-order valence-corrected chi connectivity index (χ3v) is 12.0. The summed E-state index contributed by atoms with van der Waals surface area (Å²) in [4.78, 5) is 120. The van der Waals surface area contributed by atoms with Crippen LogP contribution in [0.1, 0.15) is 64.1 Å². The second kappa shape index (κ2) is 31.4. The number of H-pyrrole nitrogens is 1. The average Bonchev–Trinajstić information content (AvgIpc) is 4.01. The lowest BCUT2D eigenvalue weighted by Gasteiger charge is -2.28. The summed E-state index contributed by atoms with van der Waals surface area (Å²) >= 11 is 4.00. The summed E-state index contributed by atoms with van der Waals surface area (Å²) in [5.41, 5.74) is 12.5. The number of aliphatic hydroxyl groups excluding tert-OH is 1. The number of ether oxygens (including phenoxy) is 3. The van der Waals surface area contributed by atoms with Gasteiger partial charge in [-0.3, -0.25) is 38.1 Å².